The van der Waals surface area contributed by atoms with Crippen LogP contribution in [0.25, 0.3) is 0 Å². The van der Waals surface area contributed by atoms with Gasteiger partial charge < -0.3 is 20.4 Å². The summed E-state index contributed by atoms with van der Waals surface area (Å²) in [5, 5.41) is 34.0. The van der Waals surface area contributed by atoms with Gasteiger partial charge in [-0.25, -0.2) is 0 Å². The second-order valence-electron chi connectivity index (χ2n) is 6.72. The molecule has 0 saturated carbocycles. The van der Waals surface area contributed by atoms with Gasteiger partial charge in [0.1, 0.15) is 0 Å². The van der Waals surface area contributed by atoms with Crippen molar-refractivity contribution in [2.75, 3.05) is 13.2 Å². The predicted octanol–water partition coefficient (Wildman–Crippen LogP) is 3.22. The summed E-state index contributed by atoms with van der Waals surface area (Å²) >= 11 is 0. The SMILES string of the molecule is CC(C)(C)C(O)O.OCCCCCCCCCCCCO. The number of aliphatic hydroxyl groups excluding tert-OH is 3. The first kappa shape index (κ1) is 23.1. The maximum absolute atomic E-state index is 8.57. The molecule has 0 aromatic heterocycles. The molecule has 0 saturated heterocycles. The molecule has 4 heteroatoms. The van der Waals surface area contributed by atoms with E-state index < -0.39 is 6.29 Å². The van der Waals surface area contributed by atoms with Crippen molar-refractivity contribution in [2.45, 2.75) is 91.3 Å². The van der Waals surface area contributed by atoms with Crippen LogP contribution in [0.4, 0.5) is 0 Å². The van der Waals surface area contributed by atoms with Crippen molar-refractivity contribution in [3.63, 3.8) is 0 Å². The van der Waals surface area contributed by atoms with Gasteiger partial charge in [-0.3, -0.25) is 0 Å². The van der Waals surface area contributed by atoms with Gasteiger partial charge in [0.05, 0.1) is 0 Å². The van der Waals surface area contributed by atoms with Crippen molar-refractivity contribution >= 4 is 0 Å². The largest absolute Gasteiger partial charge is 0.396 e. The quantitative estimate of drug-likeness (QED) is 0.349. The highest BCUT2D eigenvalue weighted by Gasteiger charge is 2.18. The molecule has 0 heterocycles. The molecule has 0 amide bonds. The first-order chi connectivity index (χ1) is 9.86. The summed E-state index contributed by atoms with van der Waals surface area (Å²) in [5.74, 6) is 0. The van der Waals surface area contributed by atoms with Crippen molar-refractivity contribution in [1.82, 2.24) is 0 Å². The van der Waals surface area contributed by atoms with Crippen molar-refractivity contribution in [3.8, 4) is 0 Å². The number of aliphatic hydroxyl groups is 4. The lowest BCUT2D eigenvalue weighted by Crippen LogP contribution is -2.24. The fourth-order valence-corrected chi connectivity index (χ4v) is 1.64. The molecule has 0 aliphatic heterocycles. The van der Waals surface area contributed by atoms with E-state index in [1.807, 2.05) is 0 Å². The van der Waals surface area contributed by atoms with E-state index in [4.69, 9.17) is 20.4 Å². The Kier molecular flexibility index (Phi) is 17.8. The number of rotatable bonds is 11. The van der Waals surface area contributed by atoms with Crippen LogP contribution in [0.15, 0.2) is 0 Å². The number of unbranched alkanes of at least 4 members (excludes halogenated alkanes) is 9. The molecule has 0 unspecified atom stereocenters. The molecule has 21 heavy (non-hydrogen) atoms. The molecule has 130 valence electrons. The summed E-state index contributed by atoms with van der Waals surface area (Å²) in [5.41, 5.74) is -0.389. The zero-order valence-electron chi connectivity index (χ0n) is 14.4. The van der Waals surface area contributed by atoms with Crippen LogP contribution in [-0.4, -0.2) is 39.9 Å². The summed E-state index contributed by atoms with van der Waals surface area (Å²) < 4.78 is 0. The van der Waals surface area contributed by atoms with Crippen molar-refractivity contribution < 1.29 is 20.4 Å². The predicted molar refractivity (Wildman–Crippen MR) is 88.0 cm³/mol. The maximum atomic E-state index is 8.57. The lowest BCUT2D eigenvalue weighted by atomic mass is 9.96. The minimum atomic E-state index is -1.20. The summed E-state index contributed by atoms with van der Waals surface area (Å²) in [6, 6.07) is 0. The second kappa shape index (κ2) is 16.2. The van der Waals surface area contributed by atoms with Gasteiger partial charge in [0.2, 0.25) is 0 Å². The monoisotopic (exact) mass is 306 g/mol. The van der Waals surface area contributed by atoms with Crippen molar-refractivity contribution in [3.05, 3.63) is 0 Å². The molecular weight excluding hydrogens is 268 g/mol. The molecule has 0 spiro atoms. The van der Waals surface area contributed by atoms with Crippen molar-refractivity contribution in [2.24, 2.45) is 5.41 Å². The summed E-state index contributed by atoms with van der Waals surface area (Å²) in [6.45, 7) is 5.98. The lowest BCUT2D eigenvalue weighted by molar-refractivity contribution is -0.113. The zero-order chi connectivity index (χ0) is 16.6. The maximum Gasteiger partial charge on any atom is 0.156 e. The molecule has 0 bridgehead atoms. The molecule has 4 N–H and O–H groups in total. The highest BCUT2D eigenvalue weighted by molar-refractivity contribution is 4.61. The molecule has 0 atom stereocenters. The van der Waals surface area contributed by atoms with Crippen LogP contribution in [0.1, 0.15) is 85.0 Å². The Hall–Kier alpha value is -0.160. The molecule has 0 radical (unpaired) electrons. The Bertz CT molecular complexity index is 176. The molecule has 0 fully saturated rings. The van der Waals surface area contributed by atoms with Gasteiger partial charge in [-0.05, 0) is 12.8 Å². The molecular formula is C17H38O4. The third kappa shape index (κ3) is 22.3. The van der Waals surface area contributed by atoms with E-state index in [9.17, 15) is 0 Å². The van der Waals surface area contributed by atoms with E-state index in [-0.39, 0.29) is 5.41 Å². The summed E-state index contributed by atoms with van der Waals surface area (Å²) in [7, 11) is 0. The van der Waals surface area contributed by atoms with Crippen LogP contribution < -0.4 is 0 Å². The lowest BCUT2D eigenvalue weighted by Gasteiger charge is -2.19. The molecule has 0 aliphatic carbocycles. The highest BCUT2D eigenvalue weighted by Crippen LogP contribution is 2.15. The summed E-state index contributed by atoms with van der Waals surface area (Å²) in [6.07, 6.45) is 11.0. The zero-order valence-corrected chi connectivity index (χ0v) is 14.4. The number of hydrogen-bond acceptors (Lipinski definition) is 4. The third-order valence-corrected chi connectivity index (χ3v) is 3.34. The minimum absolute atomic E-state index is 0.348. The Morgan fingerprint density at radius 3 is 0.905 bits per heavy atom. The van der Waals surface area contributed by atoms with Gasteiger partial charge in [-0.2, -0.15) is 0 Å². The van der Waals surface area contributed by atoms with E-state index in [0.29, 0.717) is 13.2 Å². The Balaban J connectivity index is 0. The fourth-order valence-electron chi connectivity index (χ4n) is 1.64. The normalized spacial score (nSPS) is 11.4. The van der Waals surface area contributed by atoms with Gasteiger partial charge in [-0.15, -0.1) is 0 Å². The van der Waals surface area contributed by atoms with Gasteiger partial charge in [0.15, 0.2) is 6.29 Å². The first-order valence-corrected chi connectivity index (χ1v) is 8.44. The smallest absolute Gasteiger partial charge is 0.156 e. The number of hydrogen-bond donors (Lipinski definition) is 4. The van der Waals surface area contributed by atoms with Gasteiger partial charge in [-0.1, -0.05) is 72.1 Å². The van der Waals surface area contributed by atoms with Crippen LogP contribution >= 0.6 is 0 Å². The van der Waals surface area contributed by atoms with E-state index in [1.165, 1.54) is 51.4 Å². The third-order valence-electron chi connectivity index (χ3n) is 3.34. The van der Waals surface area contributed by atoms with Crippen LogP contribution in [0.2, 0.25) is 0 Å². The topological polar surface area (TPSA) is 80.9 Å². The van der Waals surface area contributed by atoms with E-state index in [2.05, 4.69) is 0 Å². The molecule has 0 rings (SSSR count). The Morgan fingerprint density at radius 2 is 0.762 bits per heavy atom. The van der Waals surface area contributed by atoms with E-state index in [1.54, 1.807) is 20.8 Å². The highest BCUT2D eigenvalue weighted by atomic mass is 16.5. The van der Waals surface area contributed by atoms with Crippen molar-refractivity contribution in [1.29, 1.82) is 0 Å². The Morgan fingerprint density at radius 1 is 0.571 bits per heavy atom. The molecule has 4 nitrogen and oxygen atoms in total. The van der Waals surface area contributed by atoms with Crippen LogP contribution in [-0.2, 0) is 0 Å². The average molecular weight is 306 g/mol. The minimum Gasteiger partial charge on any atom is -0.396 e. The second-order valence-corrected chi connectivity index (χ2v) is 6.72. The summed E-state index contributed by atoms with van der Waals surface area (Å²) in [4.78, 5) is 0. The Labute approximate surface area is 131 Å². The van der Waals surface area contributed by atoms with Gasteiger partial charge in [0.25, 0.3) is 0 Å². The van der Waals surface area contributed by atoms with Crippen LogP contribution in [0, 0.1) is 5.41 Å². The van der Waals surface area contributed by atoms with Crippen LogP contribution in [0.5, 0.6) is 0 Å². The first-order valence-electron chi connectivity index (χ1n) is 8.44. The standard InChI is InChI=1S/C12H26O2.C5H12O2/c13-11-9-7-5-3-1-2-4-6-8-10-12-14;1-5(2,3)4(6)7/h13-14H,1-12H2;4,6-7H,1-3H3. The average Bonchev–Trinajstić information content (AvgIpc) is 2.40. The van der Waals surface area contributed by atoms with E-state index >= 15 is 0 Å². The van der Waals surface area contributed by atoms with Crippen LogP contribution in [0.3, 0.4) is 0 Å². The fraction of sp³-hybridized carbons (Fsp3) is 1.00. The van der Waals surface area contributed by atoms with Gasteiger partial charge in [0, 0.05) is 18.6 Å². The van der Waals surface area contributed by atoms with E-state index in [0.717, 1.165) is 12.8 Å². The molecule has 0 aliphatic rings. The molecule has 0 aromatic rings. The molecule has 0 aromatic carbocycles. The van der Waals surface area contributed by atoms with Gasteiger partial charge >= 0.3 is 0 Å².